The number of benzene rings is 2. The van der Waals surface area contributed by atoms with Gasteiger partial charge in [0.15, 0.2) is 6.61 Å². The fourth-order valence-electron chi connectivity index (χ4n) is 2.35. The molecule has 1 N–H and O–H groups in total. The summed E-state index contributed by atoms with van der Waals surface area (Å²) in [7, 11) is 1.59. The van der Waals surface area contributed by atoms with Crippen molar-refractivity contribution in [1.29, 1.82) is 0 Å². The van der Waals surface area contributed by atoms with E-state index in [1.54, 1.807) is 30.6 Å². The van der Waals surface area contributed by atoms with Crippen LogP contribution in [0.1, 0.15) is 17.8 Å². The first-order chi connectivity index (χ1) is 12.2. The van der Waals surface area contributed by atoms with Crippen molar-refractivity contribution in [3.63, 3.8) is 0 Å². The van der Waals surface area contributed by atoms with Crippen LogP contribution in [-0.4, -0.2) is 31.2 Å². The third-order valence-corrected chi connectivity index (χ3v) is 5.02. The number of ether oxygens (including phenoxy) is 2. The molecule has 1 aromatic heterocycles. The second-order valence-electron chi connectivity index (χ2n) is 5.69. The van der Waals surface area contributed by atoms with Gasteiger partial charge in [0.1, 0.15) is 11.5 Å². The van der Waals surface area contributed by atoms with Gasteiger partial charge in [-0.05, 0) is 24.3 Å². The summed E-state index contributed by atoms with van der Waals surface area (Å²) < 4.78 is 11.8. The Morgan fingerprint density at radius 1 is 1.20 bits per heavy atom. The Morgan fingerprint density at radius 3 is 2.80 bits per heavy atom. The van der Waals surface area contributed by atoms with E-state index in [1.165, 1.54) is 0 Å². The van der Waals surface area contributed by atoms with Crippen molar-refractivity contribution >= 4 is 27.5 Å². The smallest absolute Gasteiger partial charge is 0.257 e. The van der Waals surface area contributed by atoms with E-state index >= 15 is 0 Å². The summed E-state index contributed by atoms with van der Waals surface area (Å²) >= 11 is 1.66. The minimum Gasteiger partial charge on any atom is -0.497 e. The number of rotatable bonds is 7. The predicted octanol–water partition coefficient (Wildman–Crippen LogP) is 3.60. The molecule has 6 heteroatoms. The first kappa shape index (κ1) is 17.2. The molecule has 0 radical (unpaired) electrons. The van der Waals surface area contributed by atoms with Gasteiger partial charge in [0.25, 0.3) is 5.91 Å². The number of amides is 1. The molecular formula is C19H20N2O3S. The Labute approximate surface area is 150 Å². The van der Waals surface area contributed by atoms with Gasteiger partial charge in [-0.1, -0.05) is 25.1 Å². The summed E-state index contributed by atoms with van der Waals surface area (Å²) in [4.78, 5) is 16.6. The van der Waals surface area contributed by atoms with Gasteiger partial charge in [0.05, 0.1) is 22.3 Å². The average Bonchev–Trinajstić information content (AvgIpc) is 3.09. The first-order valence-corrected chi connectivity index (χ1v) is 8.86. The van der Waals surface area contributed by atoms with E-state index in [4.69, 9.17) is 9.47 Å². The van der Waals surface area contributed by atoms with Gasteiger partial charge in [0, 0.05) is 18.5 Å². The van der Waals surface area contributed by atoms with Crippen molar-refractivity contribution < 1.29 is 14.3 Å². The molecule has 0 fully saturated rings. The zero-order valence-corrected chi connectivity index (χ0v) is 15.0. The molecule has 1 unspecified atom stereocenters. The van der Waals surface area contributed by atoms with Crippen molar-refractivity contribution in [2.45, 2.75) is 12.8 Å². The molecule has 0 saturated carbocycles. The number of carbonyl (C=O) groups excluding carboxylic acids is 1. The highest BCUT2D eigenvalue weighted by Gasteiger charge is 2.13. The molecule has 1 amide bonds. The van der Waals surface area contributed by atoms with Crippen LogP contribution >= 0.6 is 11.3 Å². The molecule has 2 aromatic carbocycles. The van der Waals surface area contributed by atoms with E-state index in [0.717, 1.165) is 15.2 Å². The van der Waals surface area contributed by atoms with E-state index in [2.05, 4.69) is 23.3 Å². The highest BCUT2D eigenvalue weighted by atomic mass is 32.1. The quantitative estimate of drug-likeness (QED) is 0.703. The van der Waals surface area contributed by atoms with Gasteiger partial charge in [-0.15, -0.1) is 11.3 Å². The van der Waals surface area contributed by atoms with Gasteiger partial charge in [-0.3, -0.25) is 4.79 Å². The number of hydrogen-bond acceptors (Lipinski definition) is 5. The molecule has 1 heterocycles. The second-order valence-corrected chi connectivity index (χ2v) is 6.75. The Kier molecular flexibility index (Phi) is 5.50. The zero-order chi connectivity index (χ0) is 17.6. The van der Waals surface area contributed by atoms with Crippen LogP contribution in [0.5, 0.6) is 11.5 Å². The maximum atomic E-state index is 12.0. The molecular weight excluding hydrogens is 336 g/mol. The predicted molar refractivity (Wildman–Crippen MR) is 99.5 cm³/mol. The average molecular weight is 356 g/mol. The number of thiazole rings is 1. The topological polar surface area (TPSA) is 60.5 Å². The number of aromatic nitrogens is 1. The minimum absolute atomic E-state index is 0.0280. The lowest BCUT2D eigenvalue weighted by Gasteiger charge is -2.11. The number of methoxy groups -OCH3 is 1. The van der Waals surface area contributed by atoms with Gasteiger partial charge < -0.3 is 14.8 Å². The standard InChI is InChI=1S/C19H20N2O3S/c1-13(19-21-16-8-3-4-9-17(16)25-19)11-20-18(22)12-24-15-7-5-6-14(10-15)23-2/h3-10,13H,11-12H2,1-2H3,(H,20,22). The molecule has 3 rings (SSSR count). The Morgan fingerprint density at radius 2 is 2.00 bits per heavy atom. The summed E-state index contributed by atoms with van der Waals surface area (Å²) in [5.74, 6) is 1.30. The number of nitrogens with one attached hydrogen (secondary N) is 1. The summed E-state index contributed by atoms with van der Waals surface area (Å²) in [6.07, 6.45) is 0. The third-order valence-electron chi connectivity index (χ3n) is 3.75. The lowest BCUT2D eigenvalue weighted by atomic mass is 10.2. The molecule has 0 aliphatic carbocycles. The molecule has 5 nitrogen and oxygen atoms in total. The number of hydrogen-bond donors (Lipinski definition) is 1. The van der Waals surface area contributed by atoms with Gasteiger partial charge in [-0.25, -0.2) is 4.98 Å². The molecule has 0 aliphatic rings. The normalized spacial score (nSPS) is 11.9. The Hall–Kier alpha value is -2.60. The molecule has 0 aliphatic heterocycles. The zero-order valence-electron chi connectivity index (χ0n) is 14.2. The Bertz CT molecular complexity index is 830. The SMILES string of the molecule is COc1cccc(OCC(=O)NCC(C)c2nc3ccccc3s2)c1. The van der Waals surface area contributed by atoms with Crippen LogP contribution in [0.15, 0.2) is 48.5 Å². The van der Waals surface area contributed by atoms with Crippen LogP contribution in [0.2, 0.25) is 0 Å². The lowest BCUT2D eigenvalue weighted by molar-refractivity contribution is -0.123. The fraction of sp³-hybridized carbons (Fsp3) is 0.263. The molecule has 0 bridgehead atoms. The Balaban J connectivity index is 1.49. The number of nitrogens with zero attached hydrogens (tertiary/aromatic N) is 1. The largest absolute Gasteiger partial charge is 0.497 e. The minimum atomic E-state index is -0.157. The lowest BCUT2D eigenvalue weighted by Crippen LogP contribution is -2.31. The van der Waals surface area contributed by atoms with Crippen molar-refractivity contribution in [2.24, 2.45) is 0 Å². The van der Waals surface area contributed by atoms with E-state index in [1.807, 2.05) is 30.3 Å². The summed E-state index contributed by atoms with van der Waals surface area (Å²) in [6, 6.07) is 15.2. The molecule has 0 saturated heterocycles. The van der Waals surface area contributed by atoms with Crippen LogP contribution < -0.4 is 14.8 Å². The fourth-order valence-corrected chi connectivity index (χ4v) is 3.36. The molecule has 25 heavy (non-hydrogen) atoms. The summed E-state index contributed by atoms with van der Waals surface area (Å²) in [6.45, 7) is 2.56. The molecule has 0 spiro atoms. The van der Waals surface area contributed by atoms with Gasteiger partial charge >= 0.3 is 0 Å². The van der Waals surface area contributed by atoms with Gasteiger partial charge in [0.2, 0.25) is 0 Å². The number of carbonyl (C=O) groups is 1. The van der Waals surface area contributed by atoms with E-state index < -0.39 is 0 Å². The van der Waals surface area contributed by atoms with Crippen molar-refractivity contribution in [1.82, 2.24) is 10.3 Å². The van der Waals surface area contributed by atoms with Crippen molar-refractivity contribution in [2.75, 3.05) is 20.3 Å². The number of fused-ring (bicyclic) bond motifs is 1. The summed E-state index contributed by atoms with van der Waals surface area (Å²) in [5, 5.41) is 3.92. The maximum absolute atomic E-state index is 12.0. The third kappa shape index (κ3) is 4.48. The molecule has 3 aromatic rings. The monoisotopic (exact) mass is 356 g/mol. The van der Waals surface area contributed by atoms with Crippen LogP contribution in [-0.2, 0) is 4.79 Å². The van der Waals surface area contributed by atoms with E-state index in [0.29, 0.717) is 18.0 Å². The van der Waals surface area contributed by atoms with Crippen LogP contribution in [0.4, 0.5) is 0 Å². The maximum Gasteiger partial charge on any atom is 0.257 e. The van der Waals surface area contributed by atoms with E-state index in [-0.39, 0.29) is 18.4 Å². The van der Waals surface area contributed by atoms with Crippen molar-refractivity contribution in [3.05, 3.63) is 53.5 Å². The van der Waals surface area contributed by atoms with Crippen molar-refractivity contribution in [3.8, 4) is 11.5 Å². The van der Waals surface area contributed by atoms with E-state index in [9.17, 15) is 4.79 Å². The van der Waals surface area contributed by atoms with Crippen LogP contribution in [0, 0.1) is 0 Å². The van der Waals surface area contributed by atoms with Gasteiger partial charge in [-0.2, -0.15) is 0 Å². The molecule has 130 valence electrons. The number of para-hydroxylation sites is 1. The van der Waals surface area contributed by atoms with Crippen LogP contribution in [0.25, 0.3) is 10.2 Å². The summed E-state index contributed by atoms with van der Waals surface area (Å²) in [5.41, 5.74) is 1.00. The highest BCUT2D eigenvalue weighted by molar-refractivity contribution is 7.18. The second kappa shape index (κ2) is 7.98. The van der Waals surface area contributed by atoms with Crippen LogP contribution in [0.3, 0.4) is 0 Å². The molecule has 1 atom stereocenters. The first-order valence-electron chi connectivity index (χ1n) is 8.04. The highest BCUT2D eigenvalue weighted by Crippen LogP contribution is 2.26.